The largest absolute Gasteiger partial charge is 0.493 e. The topological polar surface area (TPSA) is 63.3 Å². The minimum Gasteiger partial charge on any atom is -0.493 e. The molecule has 1 N–H and O–H groups in total. The van der Waals surface area contributed by atoms with Gasteiger partial charge in [0.15, 0.2) is 11.5 Å². The summed E-state index contributed by atoms with van der Waals surface area (Å²) in [6, 6.07) is 3.79. The van der Waals surface area contributed by atoms with Gasteiger partial charge in [0.1, 0.15) is 12.2 Å². The Bertz CT molecular complexity index is 678. The maximum atomic E-state index is 6.29. The third kappa shape index (κ3) is 4.44. The summed E-state index contributed by atoms with van der Waals surface area (Å²) >= 11 is 6.29. The molecule has 1 fully saturated rings. The fourth-order valence-electron chi connectivity index (χ4n) is 3.33. The predicted octanol–water partition coefficient (Wildman–Crippen LogP) is 3.64. The van der Waals surface area contributed by atoms with Gasteiger partial charge in [-0.05, 0) is 31.9 Å². The first-order valence-corrected chi connectivity index (χ1v) is 9.15. The van der Waals surface area contributed by atoms with Crippen molar-refractivity contribution >= 4 is 11.6 Å². The van der Waals surface area contributed by atoms with Gasteiger partial charge in [0, 0.05) is 35.7 Å². The van der Waals surface area contributed by atoms with E-state index in [1.165, 1.54) is 0 Å². The summed E-state index contributed by atoms with van der Waals surface area (Å²) in [7, 11) is 1.65. The number of piperidine rings is 1. The highest BCUT2D eigenvalue weighted by Gasteiger charge is 2.25. The van der Waals surface area contributed by atoms with Crippen molar-refractivity contribution in [1.82, 2.24) is 20.1 Å². The monoisotopic (exact) mass is 364 g/mol. The SMILES string of the molecule is CCCOc1c(CN2CCC[C@H](c3ncn[nH]3)C2)cc(Cl)cc1OC. The zero-order chi connectivity index (χ0) is 17.6. The Balaban J connectivity index is 1.77. The van der Waals surface area contributed by atoms with Crippen LogP contribution in [0.1, 0.15) is 43.5 Å². The lowest BCUT2D eigenvalue weighted by molar-refractivity contribution is 0.192. The van der Waals surface area contributed by atoms with Crippen molar-refractivity contribution in [3.63, 3.8) is 0 Å². The third-order valence-electron chi connectivity index (χ3n) is 4.49. The van der Waals surface area contributed by atoms with Gasteiger partial charge in [-0.2, -0.15) is 5.10 Å². The molecule has 2 aromatic rings. The van der Waals surface area contributed by atoms with Gasteiger partial charge in [-0.15, -0.1) is 0 Å². The number of methoxy groups -OCH3 is 1. The Kier molecular flexibility index (Phi) is 6.15. The summed E-state index contributed by atoms with van der Waals surface area (Å²) in [5, 5.41) is 7.65. The molecule has 0 amide bonds. The molecule has 1 aromatic heterocycles. The zero-order valence-electron chi connectivity index (χ0n) is 14.8. The van der Waals surface area contributed by atoms with E-state index in [1.807, 2.05) is 12.1 Å². The van der Waals surface area contributed by atoms with Gasteiger partial charge in [0.05, 0.1) is 13.7 Å². The number of nitrogens with one attached hydrogen (secondary N) is 1. The number of aromatic amines is 1. The van der Waals surface area contributed by atoms with Gasteiger partial charge in [0.25, 0.3) is 0 Å². The highest BCUT2D eigenvalue weighted by atomic mass is 35.5. The summed E-state index contributed by atoms with van der Waals surface area (Å²) < 4.78 is 11.4. The van der Waals surface area contributed by atoms with Crippen LogP contribution in [0.5, 0.6) is 11.5 Å². The Hall–Kier alpha value is -1.79. The van der Waals surface area contributed by atoms with Crippen LogP contribution in [0.25, 0.3) is 0 Å². The van der Waals surface area contributed by atoms with Crippen molar-refractivity contribution in [2.24, 2.45) is 0 Å². The van der Waals surface area contributed by atoms with Crippen LogP contribution >= 0.6 is 11.6 Å². The van der Waals surface area contributed by atoms with Crippen molar-refractivity contribution in [3.8, 4) is 11.5 Å². The average molecular weight is 365 g/mol. The van der Waals surface area contributed by atoms with Crippen LogP contribution in [0.3, 0.4) is 0 Å². The Morgan fingerprint density at radius 3 is 3.00 bits per heavy atom. The van der Waals surface area contributed by atoms with E-state index < -0.39 is 0 Å². The van der Waals surface area contributed by atoms with Crippen LogP contribution in [0.4, 0.5) is 0 Å². The standard InChI is InChI=1S/C18H25ClN4O2/c1-3-7-25-17-14(8-15(19)9-16(17)24-2)11-23-6-4-5-13(10-23)18-20-12-21-22-18/h8-9,12-13H,3-7,10-11H2,1-2H3,(H,20,21,22)/t13-/m0/s1. The molecule has 136 valence electrons. The molecular formula is C18H25ClN4O2. The lowest BCUT2D eigenvalue weighted by Crippen LogP contribution is -2.34. The molecule has 1 aromatic carbocycles. The Morgan fingerprint density at radius 2 is 2.28 bits per heavy atom. The quantitative estimate of drug-likeness (QED) is 0.812. The summed E-state index contributed by atoms with van der Waals surface area (Å²) in [5.41, 5.74) is 1.07. The number of likely N-dealkylation sites (tertiary alicyclic amines) is 1. The average Bonchev–Trinajstić information content (AvgIpc) is 3.15. The molecule has 7 heteroatoms. The summed E-state index contributed by atoms with van der Waals surface area (Å²) in [6.45, 7) is 5.52. The molecule has 2 heterocycles. The molecule has 6 nitrogen and oxygen atoms in total. The molecule has 0 aliphatic carbocycles. The maximum absolute atomic E-state index is 6.29. The van der Waals surface area contributed by atoms with Gasteiger partial charge < -0.3 is 9.47 Å². The summed E-state index contributed by atoms with van der Waals surface area (Å²) in [5.74, 6) is 2.85. The molecule has 3 rings (SSSR count). The Morgan fingerprint density at radius 1 is 1.40 bits per heavy atom. The van der Waals surface area contributed by atoms with Gasteiger partial charge >= 0.3 is 0 Å². The van der Waals surface area contributed by atoms with Crippen molar-refractivity contribution in [3.05, 3.63) is 34.9 Å². The van der Waals surface area contributed by atoms with Crippen LogP contribution in [-0.2, 0) is 6.54 Å². The van der Waals surface area contributed by atoms with Crippen LogP contribution in [0.2, 0.25) is 5.02 Å². The van der Waals surface area contributed by atoms with E-state index in [0.717, 1.165) is 56.0 Å². The van der Waals surface area contributed by atoms with E-state index in [0.29, 0.717) is 23.3 Å². The first kappa shape index (κ1) is 18.0. The highest BCUT2D eigenvalue weighted by Crippen LogP contribution is 2.36. The summed E-state index contributed by atoms with van der Waals surface area (Å²) in [6.07, 6.45) is 4.78. The number of hydrogen-bond acceptors (Lipinski definition) is 5. The molecular weight excluding hydrogens is 340 g/mol. The minimum absolute atomic E-state index is 0.386. The van der Waals surface area contributed by atoms with Crippen LogP contribution < -0.4 is 9.47 Å². The van der Waals surface area contributed by atoms with Gasteiger partial charge in [-0.3, -0.25) is 10.00 Å². The maximum Gasteiger partial charge on any atom is 0.165 e. The number of rotatable bonds is 7. The van der Waals surface area contributed by atoms with Crippen molar-refractivity contribution < 1.29 is 9.47 Å². The fraction of sp³-hybridized carbons (Fsp3) is 0.556. The van der Waals surface area contributed by atoms with Crippen molar-refractivity contribution in [2.75, 3.05) is 26.8 Å². The molecule has 0 radical (unpaired) electrons. The van der Waals surface area contributed by atoms with E-state index >= 15 is 0 Å². The highest BCUT2D eigenvalue weighted by molar-refractivity contribution is 6.30. The molecule has 25 heavy (non-hydrogen) atoms. The third-order valence-corrected chi connectivity index (χ3v) is 4.71. The van der Waals surface area contributed by atoms with Gasteiger partial charge in [-0.1, -0.05) is 18.5 Å². The molecule has 0 unspecified atom stereocenters. The lowest BCUT2D eigenvalue weighted by atomic mass is 9.97. The zero-order valence-corrected chi connectivity index (χ0v) is 15.6. The van der Waals surface area contributed by atoms with Crippen LogP contribution in [0.15, 0.2) is 18.5 Å². The first-order valence-electron chi connectivity index (χ1n) is 8.78. The molecule has 1 aliphatic rings. The second-order valence-corrected chi connectivity index (χ2v) is 6.83. The second-order valence-electron chi connectivity index (χ2n) is 6.39. The van der Waals surface area contributed by atoms with E-state index in [9.17, 15) is 0 Å². The second kappa shape index (κ2) is 8.54. The normalized spacial score (nSPS) is 18.3. The van der Waals surface area contributed by atoms with Crippen molar-refractivity contribution in [2.45, 2.75) is 38.6 Å². The number of hydrogen-bond donors (Lipinski definition) is 1. The lowest BCUT2D eigenvalue weighted by Gasteiger charge is -2.32. The molecule has 0 saturated carbocycles. The van der Waals surface area contributed by atoms with Gasteiger partial charge in [-0.25, -0.2) is 4.98 Å². The Labute approximate surface area is 153 Å². The van der Waals surface area contributed by atoms with E-state index in [2.05, 4.69) is 27.0 Å². The van der Waals surface area contributed by atoms with E-state index in [1.54, 1.807) is 13.4 Å². The molecule has 0 bridgehead atoms. The minimum atomic E-state index is 0.386. The number of benzene rings is 1. The van der Waals surface area contributed by atoms with Crippen LogP contribution in [0, 0.1) is 0 Å². The fourth-order valence-corrected chi connectivity index (χ4v) is 3.57. The number of halogens is 1. The number of nitrogens with zero attached hydrogens (tertiary/aromatic N) is 3. The van der Waals surface area contributed by atoms with Crippen molar-refractivity contribution in [1.29, 1.82) is 0 Å². The molecule has 1 aliphatic heterocycles. The van der Waals surface area contributed by atoms with Crippen LogP contribution in [-0.4, -0.2) is 46.9 Å². The number of aromatic nitrogens is 3. The predicted molar refractivity (Wildman–Crippen MR) is 97.4 cm³/mol. The molecule has 1 saturated heterocycles. The van der Waals surface area contributed by atoms with E-state index in [-0.39, 0.29) is 0 Å². The first-order chi connectivity index (χ1) is 12.2. The summed E-state index contributed by atoms with van der Waals surface area (Å²) in [4.78, 5) is 6.74. The number of H-pyrrole nitrogens is 1. The molecule has 1 atom stereocenters. The molecule has 0 spiro atoms. The number of ether oxygens (including phenoxy) is 2. The smallest absolute Gasteiger partial charge is 0.165 e. The van der Waals surface area contributed by atoms with E-state index in [4.69, 9.17) is 21.1 Å². The van der Waals surface area contributed by atoms with Gasteiger partial charge in [0.2, 0.25) is 0 Å².